The maximum atomic E-state index is 8.78. The molecule has 4 heteroatoms. The highest BCUT2D eigenvalue weighted by Crippen LogP contribution is 2.32. The second kappa shape index (κ2) is 5.73. The highest BCUT2D eigenvalue weighted by molar-refractivity contribution is 5.98. The molecule has 1 aromatic rings. The molecule has 0 aliphatic carbocycles. The molecule has 1 aliphatic heterocycles. The Labute approximate surface area is 121 Å². The van der Waals surface area contributed by atoms with Crippen molar-refractivity contribution >= 4 is 11.5 Å². The zero-order valence-corrected chi connectivity index (χ0v) is 12.7. The average Bonchev–Trinajstić information content (AvgIpc) is 2.59. The van der Waals surface area contributed by atoms with E-state index >= 15 is 0 Å². The van der Waals surface area contributed by atoms with Crippen LogP contribution in [0.15, 0.2) is 23.4 Å². The molecule has 0 bridgehead atoms. The van der Waals surface area contributed by atoms with E-state index in [4.69, 9.17) is 10.9 Å². The number of hydrogen-bond donors (Lipinski definition) is 2. The molecule has 0 amide bonds. The standard InChI is InChI=1S/C16H25N3O/c1-12-11-13(5-6-14(12)15(17)18-20)19-9-4-7-16(2,3)8-10-19/h5-6,11,20H,4,7-10H2,1-3H3,(H2,17,18). The van der Waals surface area contributed by atoms with Crippen molar-refractivity contribution in [3.05, 3.63) is 29.3 Å². The van der Waals surface area contributed by atoms with Gasteiger partial charge < -0.3 is 15.8 Å². The fourth-order valence-corrected chi connectivity index (χ4v) is 2.87. The molecule has 20 heavy (non-hydrogen) atoms. The van der Waals surface area contributed by atoms with Gasteiger partial charge in [0.25, 0.3) is 0 Å². The van der Waals surface area contributed by atoms with Crippen molar-refractivity contribution < 1.29 is 5.21 Å². The number of hydrogen-bond acceptors (Lipinski definition) is 3. The van der Waals surface area contributed by atoms with Gasteiger partial charge in [-0.1, -0.05) is 19.0 Å². The molecule has 0 radical (unpaired) electrons. The molecular weight excluding hydrogens is 250 g/mol. The Balaban J connectivity index is 2.19. The van der Waals surface area contributed by atoms with Gasteiger partial charge in [-0.2, -0.15) is 0 Å². The van der Waals surface area contributed by atoms with Crippen molar-refractivity contribution in [2.24, 2.45) is 16.3 Å². The smallest absolute Gasteiger partial charge is 0.170 e. The summed E-state index contributed by atoms with van der Waals surface area (Å²) in [5.74, 6) is 0.172. The molecule has 3 N–H and O–H groups in total. The van der Waals surface area contributed by atoms with Gasteiger partial charge in [0, 0.05) is 24.3 Å². The molecular formula is C16H25N3O. The van der Waals surface area contributed by atoms with Crippen LogP contribution in [0, 0.1) is 12.3 Å². The normalized spacial score (nSPS) is 19.8. The maximum absolute atomic E-state index is 8.78. The van der Waals surface area contributed by atoms with Gasteiger partial charge in [-0.25, -0.2) is 0 Å². The zero-order valence-electron chi connectivity index (χ0n) is 12.7. The molecule has 0 unspecified atom stereocenters. The number of nitrogens with two attached hydrogens (primary N) is 1. The minimum atomic E-state index is 0.172. The molecule has 1 heterocycles. The van der Waals surface area contributed by atoms with E-state index in [-0.39, 0.29) is 5.84 Å². The van der Waals surface area contributed by atoms with Crippen LogP contribution in [0.5, 0.6) is 0 Å². The minimum Gasteiger partial charge on any atom is -0.409 e. The first kappa shape index (κ1) is 14.7. The highest BCUT2D eigenvalue weighted by Gasteiger charge is 2.23. The number of anilines is 1. The Bertz CT molecular complexity index is 508. The molecule has 4 nitrogen and oxygen atoms in total. The number of benzene rings is 1. The third kappa shape index (κ3) is 3.24. The van der Waals surface area contributed by atoms with Crippen LogP contribution in [-0.4, -0.2) is 24.1 Å². The molecule has 1 aromatic carbocycles. The third-order valence-electron chi connectivity index (χ3n) is 4.30. The van der Waals surface area contributed by atoms with Gasteiger partial charge in [0.2, 0.25) is 0 Å². The minimum absolute atomic E-state index is 0.172. The highest BCUT2D eigenvalue weighted by atomic mass is 16.4. The van der Waals surface area contributed by atoms with E-state index < -0.39 is 0 Å². The van der Waals surface area contributed by atoms with Crippen molar-refractivity contribution in [1.29, 1.82) is 0 Å². The lowest BCUT2D eigenvalue weighted by Crippen LogP contribution is -2.25. The average molecular weight is 275 g/mol. The second-order valence-corrected chi connectivity index (χ2v) is 6.49. The van der Waals surface area contributed by atoms with Gasteiger partial charge >= 0.3 is 0 Å². The SMILES string of the molecule is Cc1cc(N2CCCC(C)(C)CC2)ccc1/C(N)=N/O. The fraction of sp³-hybridized carbons (Fsp3) is 0.562. The van der Waals surface area contributed by atoms with Gasteiger partial charge in [-0.05, 0) is 55.4 Å². The zero-order chi connectivity index (χ0) is 14.8. The topological polar surface area (TPSA) is 61.8 Å². The van der Waals surface area contributed by atoms with Crippen LogP contribution in [0.1, 0.15) is 44.2 Å². The maximum Gasteiger partial charge on any atom is 0.170 e. The van der Waals surface area contributed by atoms with Crippen LogP contribution in [0.25, 0.3) is 0 Å². The monoisotopic (exact) mass is 275 g/mol. The van der Waals surface area contributed by atoms with Gasteiger partial charge in [0.15, 0.2) is 5.84 Å². The Morgan fingerprint density at radius 2 is 2.05 bits per heavy atom. The van der Waals surface area contributed by atoms with E-state index in [1.807, 2.05) is 13.0 Å². The molecule has 1 saturated heterocycles. The summed E-state index contributed by atoms with van der Waals surface area (Å²) < 4.78 is 0. The van der Waals surface area contributed by atoms with E-state index in [0.717, 1.165) is 24.2 Å². The lowest BCUT2D eigenvalue weighted by Gasteiger charge is -2.25. The van der Waals surface area contributed by atoms with Crippen LogP contribution >= 0.6 is 0 Å². The van der Waals surface area contributed by atoms with Crippen LogP contribution < -0.4 is 10.6 Å². The lowest BCUT2D eigenvalue weighted by molar-refractivity contribution is 0.318. The Hall–Kier alpha value is -1.71. The van der Waals surface area contributed by atoms with Crippen LogP contribution in [0.2, 0.25) is 0 Å². The van der Waals surface area contributed by atoms with Gasteiger partial charge in [0.1, 0.15) is 0 Å². The van der Waals surface area contributed by atoms with Crippen LogP contribution in [-0.2, 0) is 0 Å². The van der Waals surface area contributed by atoms with Crippen molar-refractivity contribution in [2.75, 3.05) is 18.0 Å². The number of rotatable bonds is 2. The summed E-state index contributed by atoms with van der Waals surface area (Å²) in [4.78, 5) is 2.44. The molecule has 0 saturated carbocycles. The summed E-state index contributed by atoms with van der Waals surface area (Å²) in [6.45, 7) is 8.90. The summed E-state index contributed by atoms with van der Waals surface area (Å²) >= 11 is 0. The fourth-order valence-electron chi connectivity index (χ4n) is 2.87. The Morgan fingerprint density at radius 3 is 2.70 bits per heavy atom. The number of aryl methyl sites for hydroxylation is 1. The summed E-state index contributed by atoms with van der Waals surface area (Å²) in [5.41, 5.74) is 9.18. The van der Waals surface area contributed by atoms with Crippen molar-refractivity contribution in [2.45, 2.75) is 40.0 Å². The third-order valence-corrected chi connectivity index (χ3v) is 4.30. The van der Waals surface area contributed by atoms with E-state index in [1.165, 1.54) is 24.9 Å². The molecule has 1 aliphatic rings. The summed E-state index contributed by atoms with van der Waals surface area (Å²) in [6.07, 6.45) is 3.73. The molecule has 1 fully saturated rings. The van der Waals surface area contributed by atoms with Crippen molar-refractivity contribution in [1.82, 2.24) is 0 Å². The van der Waals surface area contributed by atoms with Gasteiger partial charge in [-0.15, -0.1) is 0 Å². The van der Waals surface area contributed by atoms with Crippen LogP contribution in [0.3, 0.4) is 0 Å². The predicted molar refractivity (Wildman–Crippen MR) is 83.5 cm³/mol. The lowest BCUT2D eigenvalue weighted by atomic mass is 9.85. The Kier molecular flexibility index (Phi) is 4.21. The summed E-state index contributed by atoms with van der Waals surface area (Å²) in [7, 11) is 0. The van der Waals surface area contributed by atoms with E-state index in [1.54, 1.807) is 0 Å². The molecule has 0 aromatic heterocycles. The van der Waals surface area contributed by atoms with E-state index in [9.17, 15) is 0 Å². The summed E-state index contributed by atoms with van der Waals surface area (Å²) in [6, 6.07) is 6.14. The predicted octanol–water partition coefficient (Wildman–Crippen LogP) is 3.11. The molecule has 0 spiro atoms. The number of oxime groups is 1. The quantitative estimate of drug-likeness (QED) is 0.377. The van der Waals surface area contributed by atoms with Crippen LogP contribution in [0.4, 0.5) is 5.69 Å². The largest absolute Gasteiger partial charge is 0.409 e. The van der Waals surface area contributed by atoms with E-state index in [0.29, 0.717) is 5.41 Å². The second-order valence-electron chi connectivity index (χ2n) is 6.49. The number of nitrogens with zero attached hydrogens (tertiary/aromatic N) is 2. The first-order chi connectivity index (χ1) is 9.43. The van der Waals surface area contributed by atoms with Gasteiger partial charge in [0.05, 0.1) is 0 Å². The number of amidine groups is 1. The molecule has 2 rings (SSSR count). The van der Waals surface area contributed by atoms with Crippen molar-refractivity contribution in [3.8, 4) is 0 Å². The van der Waals surface area contributed by atoms with E-state index in [2.05, 4.69) is 36.0 Å². The first-order valence-corrected chi connectivity index (χ1v) is 7.26. The molecule has 110 valence electrons. The first-order valence-electron chi connectivity index (χ1n) is 7.26. The van der Waals surface area contributed by atoms with Crippen molar-refractivity contribution in [3.63, 3.8) is 0 Å². The molecule has 0 atom stereocenters. The Morgan fingerprint density at radius 1 is 1.30 bits per heavy atom. The van der Waals surface area contributed by atoms with Gasteiger partial charge in [-0.3, -0.25) is 0 Å². The summed E-state index contributed by atoms with van der Waals surface area (Å²) in [5, 5.41) is 11.9.